The minimum absolute atomic E-state index is 0.113. The molecule has 29 heavy (non-hydrogen) atoms. The van der Waals surface area contributed by atoms with Crippen LogP contribution in [-0.4, -0.2) is 34.5 Å². The summed E-state index contributed by atoms with van der Waals surface area (Å²) in [6, 6.07) is 5.12. The lowest BCUT2D eigenvalue weighted by Crippen LogP contribution is -2.47. The summed E-state index contributed by atoms with van der Waals surface area (Å²) in [5, 5.41) is 10.2. The van der Waals surface area contributed by atoms with Gasteiger partial charge in [-0.15, -0.1) is 0 Å². The average Bonchev–Trinajstić information content (AvgIpc) is 2.65. The molecule has 0 fully saturated rings. The summed E-state index contributed by atoms with van der Waals surface area (Å²) in [6.45, 7) is 5.61. The van der Waals surface area contributed by atoms with Gasteiger partial charge in [0, 0.05) is 24.9 Å². The first kappa shape index (κ1) is 21.9. The summed E-state index contributed by atoms with van der Waals surface area (Å²) in [5.74, 6) is -1.23. The van der Waals surface area contributed by atoms with Gasteiger partial charge >= 0.3 is 6.18 Å². The van der Waals surface area contributed by atoms with Crippen LogP contribution in [-0.2, 0) is 6.18 Å². The lowest BCUT2D eigenvalue weighted by Gasteiger charge is -2.31. The summed E-state index contributed by atoms with van der Waals surface area (Å²) in [4.78, 5) is 23.5. The van der Waals surface area contributed by atoms with Gasteiger partial charge in [-0.05, 0) is 11.5 Å². The second-order valence-electron chi connectivity index (χ2n) is 7.22. The zero-order chi connectivity index (χ0) is 21.8. The molecular formula is C18H19F3N6O2. The summed E-state index contributed by atoms with van der Waals surface area (Å²) >= 11 is 0. The van der Waals surface area contributed by atoms with Crippen molar-refractivity contribution in [1.29, 1.82) is 5.26 Å². The van der Waals surface area contributed by atoms with E-state index in [9.17, 15) is 18.0 Å². The number of nitriles is 1. The Hall–Kier alpha value is -3.42. The number of hydrazine groups is 1. The van der Waals surface area contributed by atoms with E-state index in [0.29, 0.717) is 11.9 Å². The molecule has 0 aromatic carbocycles. The molecule has 0 unspecified atom stereocenters. The Kier molecular flexibility index (Phi) is 6.26. The number of halogens is 3. The van der Waals surface area contributed by atoms with Crippen LogP contribution in [0.25, 0.3) is 0 Å². The molecule has 0 saturated heterocycles. The van der Waals surface area contributed by atoms with Crippen LogP contribution in [0.5, 0.6) is 5.88 Å². The Bertz CT molecular complexity index is 917. The highest BCUT2D eigenvalue weighted by Crippen LogP contribution is 2.30. The molecule has 154 valence electrons. The first-order valence-corrected chi connectivity index (χ1v) is 8.38. The molecule has 0 atom stereocenters. The van der Waals surface area contributed by atoms with E-state index in [0.717, 1.165) is 5.01 Å². The van der Waals surface area contributed by atoms with Gasteiger partial charge in [0.25, 0.3) is 5.91 Å². The molecule has 0 radical (unpaired) electrons. The summed E-state index contributed by atoms with van der Waals surface area (Å²) in [5.41, 5.74) is 0.974. The highest BCUT2D eigenvalue weighted by Gasteiger charge is 2.35. The molecule has 8 nitrogen and oxygen atoms in total. The van der Waals surface area contributed by atoms with Crippen LogP contribution in [0.2, 0.25) is 0 Å². The second kappa shape index (κ2) is 8.30. The lowest BCUT2D eigenvalue weighted by atomic mass is 9.96. The zero-order valence-electron chi connectivity index (χ0n) is 16.2. The Morgan fingerprint density at radius 3 is 2.45 bits per heavy atom. The number of carbonyl (C=O) groups is 1. The number of aromatic nitrogens is 3. The van der Waals surface area contributed by atoms with E-state index in [4.69, 9.17) is 10.00 Å². The third-order valence-electron chi connectivity index (χ3n) is 3.46. The summed E-state index contributed by atoms with van der Waals surface area (Å²) < 4.78 is 44.4. The molecule has 2 aromatic rings. The number of ether oxygens (including phenoxy) is 1. The van der Waals surface area contributed by atoms with E-state index in [2.05, 4.69) is 20.4 Å². The van der Waals surface area contributed by atoms with Crippen molar-refractivity contribution < 1.29 is 22.7 Å². The highest BCUT2D eigenvalue weighted by molar-refractivity contribution is 5.94. The number of anilines is 1. The number of rotatable bonds is 5. The van der Waals surface area contributed by atoms with Crippen molar-refractivity contribution in [1.82, 2.24) is 20.4 Å². The molecule has 0 aliphatic carbocycles. The van der Waals surface area contributed by atoms with Gasteiger partial charge in [-0.25, -0.2) is 9.97 Å². The molecular weight excluding hydrogens is 389 g/mol. The number of methoxy groups -OCH3 is 1. The highest BCUT2D eigenvalue weighted by atomic mass is 19.4. The van der Waals surface area contributed by atoms with Crippen molar-refractivity contribution in [2.24, 2.45) is 5.41 Å². The van der Waals surface area contributed by atoms with Crippen molar-refractivity contribution >= 4 is 11.7 Å². The van der Waals surface area contributed by atoms with Crippen LogP contribution < -0.4 is 15.2 Å². The van der Waals surface area contributed by atoms with Crippen LogP contribution in [0.1, 0.15) is 42.6 Å². The van der Waals surface area contributed by atoms with Gasteiger partial charge in [-0.2, -0.15) is 23.4 Å². The van der Waals surface area contributed by atoms with Crippen molar-refractivity contribution in [3.8, 4) is 11.9 Å². The number of pyridine rings is 1. The van der Waals surface area contributed by atoms with Crippen molar-refractivity contribution in [3.63, 3.8) is 0 Å². The monoisotopic (exact) mass is 408 g/mol. The Morgan fingerprint density at radius 2 is 1.97 bits per heavy atom. The van der Waals surface area contributed by atoms with E-state index in [1.165, 1.54) is 31.5 Å². The first-order valence-electron chi connectivity index (χ1n) is 8.38. The standard InChI is InChI=1S/C18H19F3N6O2/c1-17(2,3)10-27(26-16(28)11-5-6-15(29-4)23-9-11)14-7-12(18(19,20)21)24-13(8-22)25-14/h5-7,9H,10H2,1-4H3,(H,26,28). The third-order valence-corrected chi connectivity index (χ3v) is 3.46. The van der Waals surface area contributed by atoms with Crippen LogP contribution in [0.4, 0.5) is 19.0 Å². The van der Waals surface area contributed by atoms with E-state index >= 15 is 0 Å². The molecule has 11 heteroatoms. The number of hydrogen-bond donors (Lipinski definition) is 1. The Morgan fingerprint density at radius 1 is 1.28 bits per heavy atom. The topological polar surface area (TPSA) is 104 Å². The van der Waals surface area contributed by atoms with Crippen LogP contribution in [0, 0.1) is 16.7 Å². The van der Waals surface area contributed by atoms with E-state index in [-0.39, 0.29) is 17.9 Å². The van der Waals surface area contributed by atoms with E-state index in [1.54, 1.807) is 0 Å². The number of amides is 1. The number of hydrogen-bond acceptors (Lipinski definition) is 7. The maximum atomic E-state index is 13.2. The van der Waals surface area contributed by atoms with Crippen molar-refractivity contribution in [2.45, 2.75) is 26.9 Å². The predicted molar refractivity (Wildman–Crippen MR) is 96.8 cm³/mol. The minimum Gasteiger partial charge on any atom is -0.481 e. The fourth-order valence-electron chi connectivity index (χ4n) is 2.24. The maximum absolute atomic E-state index is 13.2. The van der Waals surface area contributed by atoms with Crippen molar-refractivity contribution in [3.05, 3.63) is 41.5 Å². The van der Waals surface area contributed by atoms with Gasteiger partial charge < -0.3 is 4.74 Å². The average molecular weight is 408 g/mol. The second-order valence-corrected chi connectivity index (χ2v) is 7.22. The van der Waals surface area contributed by atoms with Crippen LogP contribution in [0.3, 0.4) is 0 Å². The molecule has 2 heterocycles. The van der Waals surface area contributed by atoms with Gasteiger partial charge in [-0.3, -0.25) is 15.2 Å². The fourth-order valence-corrected chi connectivity index (χ4v) is 2.24. The molecule has 1 amide bonds. The molecule has 2 aromatic heterocycles. The zero-order valence-corrected chi connectivity index (χ0v) is 16.2. The van der Waals surface area contributed by atoms with Gasteiger partial charge in [0.15, 0.2) is 11.5 Å². The van der Waals surface area contributed by atoms with Gasteiger partial charge in [0.2, 0.25) is 11.7 Å². The van der Waals surface area contributed by atoms with Gasteiger partial charge in [0.05, 0.1) is 12.7 Å². The number of alkyl halides is 3. The quantitative estimate of drug-likeness (QED) is 0.759. The molecule has 0 aliphatic heterocycles. The van der Waals surface area contributed by atoms with Crippen LogP contribution in [0.15, 0.2) is 24.4 Å². The molecule has 0 aliphatic rings. The lowest BCUT2D eigenvalue weighted by molar-refractivity contribution is -0.141. The summed E-state index contributed by atoms with van der Waals surface area (Å²) in [7, 11) is 1.42. The predicted octanol–water partition coefficient (Wildman–Crippen LogP) is 2.97. The smallest absolute Gasteiger partial charge is 0.433 e. The summed E-state index contributed by atoms with van der Waals surface area (Å²) in [6.07, 6.45) is -3.51. The largest absolute Gasteiger partial charge is 0.481 e. The van der Waals surface area contributed by atoms with Gasteiger partial charge in [-0.1, -0.05) is 20.8 Å². The minimum atomic E-state index is -4.78. The third kappa shape index (κ3) is 6.03. The van der Waals surface area contributed by atoms with E-state index in [1.807, 2.05) is 20.8 Å². The number of nitrogens with one attached hydrogen (secondary N) is 1. The normalized spacial score (nSPS) is 11.5. The van der Waals surface area contributed by atoms with Crippen molar-refractivity contribution in [2.75, 3.05) is 18.7 Å². The van der Waals surface area contributed by atoms with E-state index < -0.39 is 29.0 Å². The molecule has 0 bridgehead atoms. The Labute approximate surface area is 165 Å². The van der Waals surface area contributed by atoms with Crippen LogP contribution >= 0.6 is 0 Å². The van der Waals surface area contributed by atoms with Gasteiger partial charge in [0.1, 0.15) is 6.07 Å². The number of nitrogens with zero attached hydrogens (tertiary/aromatic N) is 5. The number of carbonyl (C=O) groups excluding carboxylic acids is 1. The Balaban J connectivity index is 2.42. The maximum Gasteiger partial charge on any atom is 0.433 e. The fraction of sp³-hybridized carbons (Fsp3) is 0.389. The molecule has 1 N–H and O–H groups in total. The molecule has 2 rings (SSSR count). The molecule has 0 spiro atoms. The SMILES string of the molecule is COc1ccc(C(=O)NN(CC(C)(C)C)c2cc(C(F)(F)F)nc(C#N)n2)cn1. The molecule has 0 saturated carbocycles. The first-order chi connectivity index (χ1) is 13.4.